The second kappa shape index (κ2) is 13.0. The third kappa shape index (κ3) is 5.60. The normalized spacial score (nSPS) is 11.6. The number of pyridine rings is 1. The van der Waals surface area contributed by atoms with Gasteiger partial charge in [-0.05, 0) is 70.8 Å². The molecule has 6 heteroatoms. The number of nitrogens with zero attached hydrogens (tertiary/aromatic N) is 4. The van der Waals surface area contributed by atoms with Gasteiger partial charge in [-0.1, -0.05) is 127 Å². The predicted octanol–water partition coefficient (Wildman–Crippen LogP) is 12.8. The smallest absolute Gasteiger partial charge is 0.164 e. The van der Waals surface area contributed by atoms with Crippen LogP contribution in [0.2, 0.25) is 0 Å². The van der Waals surface area contributed by atoms with Crippen molar-refractivity contribution in [3.63, 3.8) is 0 Å². The molecule has 0 radical (unpaired) electrons. The number of hydrogen-bond donors (Lipinski definition) is 1. The Morgan fingerprint density at radius 1 is 0.357 bits per heavy atom. The van der Waals surface area contributed by atoms with Crippen molar-refractivity contribution in [1.82, 2.24) is 24.9 Å². The van der Waals surface area contributed by atoms with Crippen molar-refractivity contribution < 1.29 is 4.42 Å². The molecule has 11 rings (SSSR count). The van der Waals surface area contributed by atoms with Gasteiger partial charge in [0.25, 0.3) is 0 Å². The van der Waals surface area contributed by atoms with Crippen molar-refractivity contribution in [3.05, 3.63) is 182 Å². The highest BCUT2D eigenvalue weighted by atomic mass is 16.3. The Kier molecular flexibility index (Phi) is 7.38. The standard InChI is InChI=1S/C50H31N5O/c1-3-9-31(10-4-1)32-15-19-36(20-16-32)49-53-48(35-11-5-2-6-12-35)54-50(55-49)40-28-38(37-22-24-45-42(30-37)41-13-7-8-14-44(41)56-45)27-39(29-40)43-23-21-33-17-18-34-25-26-51-46(34)47(33)52-43/h1-30,51H. The van der Waals surface area contributed by atoms with Crippen LogP contribution in [0, 0.1) is 0 Å². The third-order valence-corrected chi connectivity index (χ3v) is 10.5. The summed E-state index contributed by atoms with van der Waals surface area (Å²) in [5, 5.41) is 4.35. The molecule has 0 saturated carbocycles. The van der Waals surface area contributed by atoms with Gasteiger partial charge in [-0.2, -0.15) is 0 Å². The Morgan fingerprint density at radius 2 is 0.929 bits per heavy atom. The molecule has 0 saturated heterocycles. The lowest BCUT2D eigenvalue weighted by Crippen LogP contribution is -2.00. The molecule has 4 heterocycles. The fraction of sp³-hybridized carbons (Fsp3) is 0. The molecule has 0 aliphatic heterocycles. The number of fused-ring (bicyclic) bond motifs is 6. The second-order valence-corrected chi connectivity index (χ2v) is 14.0. The lowest BCUT2D eigenvalue weighted by Gasteiger charge is -2.13. The number of aromatic nitrogens is 5. The first-order valence-corrected chi connectivity index (χ1v) is 18.6. The van der Waals surface area contributed by atoms with Crippen LogP contribution in [-0.4, -0.2) is 24.9 Å². The number of hydrogen-bond acceptors (Lipinski definition) is 5. The molecule has 0 fully saturated rings. The van der Waals surface area contributed by atoms with Crippen LogP contribution in [0.5, 0.6) is 0 Å². The van der Waals surface area contributed by atoms with E-state index in [2.05, 4.69) is 126 Å². The zero-order valence-corrected chi connectivity index (χ0v) is 30.0. The molecule has 0 aliphatic carbocycles. The maximum Gasteiger partial charge on any atom is 0.164 e. The number of furan rings is 1. The number of nitrogens with one attached hydrogen (secondary N) is 1. The molecule has 0 bridgehead atoms. The average molecular weight is 718 g/mol. The van der Waals surface area contributed by atoms with Gasteiger partial charge in [0.05, 0.1) is 16.7 Å². The van der Waals surface area contributed by atoms with E-state index in [9.17, 15) is 0 Å². The van der Waals surface area contributed by atoms with E-state index >= 15 is 0 Å². The molecule has 56 heavy (non-hydrogen) atoms. The van der Waals surface area contributed by atoms with Crippen LogP contribution in [0.3, 0.4) is 0 Å². The summed E-state index contributed by atoms with van der Waals surface area (Å²) in [5.41, 5.74) is 12.5. The van der Waals surface area contributed by atoms with Gasteiger partial charge < -0.3 is 9.40 Å². The second-order valence-electron chi connectivity index (χ2n) is 14.0. The molecule has 0 unspecified atom stereocenters. The number of aromatic amines is 1. The van der Waals surface area contributed by atoms with E-state index in [0.29, 0.717) is 17.5 Å². The summed E-state index contributed by atoms with van der Waals surface area (Å²) >= 11 is 0. The highest BCUT2D eigenvalue weighted by Gasteiger charge is 2.17. The van der Waals surface area contributed by atoms with Crippen molar-refractivity contribution in [2.45, 2.75) is 0 Å². The Hall–Kier alpha value is -7.70. The lowest BCUT2D eigenvalue weighted by molar-refractivity contribution is 0.669. The van der Waals surface area contributed by atoms with E-state index in [1.165, 1.54) is 0 Å². The van der Waals surface area contributed by atoms with Crippen LogP contribution in [-0.2, 0) is 0 Å². The topological polar surface area (TPSA) is 80.5 Å². The summed E-state index contributed by atoms with van der Waals surface area (Å²) in [7, 11) is 0. The molecule has 11 aromatic rings. The first kappa shape index (κ1) is 31.8. The van der Waals surface area contributed by atoms with Crippen molar-refractivity contribution in [2.75, 3.05) is 0 Å². The van der Waals surface area contributed by atoms with Crippen LogP contribution in [0.25, 0.3) is 111 Å². The third-order valence-electron chi connectivity index (χ3n) is 10.5. The average Bonchev–Trinajstić information content (AvgIpc) is 3.92. The number of para-hydroxylation sites is 1. The fourth-order valence-corrected chi connectivity index (χ4v) is 7.64. The zero-order valence-electron chi connectivity index (χ0n) is 30.0. The number of H-pyrrole nitrogens is 1. The summed E-state index contributed by atoms with van der Waals surface area (Å²) in [5.74, 6) is 1.78. The van der Waals surface area contributed by atoms with E-state index < -0.39 is 0 Å². The first-order chi connectivity index (χ1) is 27.7. The van der Waals surface area contributed by atoms with Crippen LogP contribution < -0.4 is 0 Å². The Morgan fingerprint density at radius 3 is 1.73 bits per heavy atom. The Balaban J connectivity index is 1.12. The molecule has 0 aliphatic rings. The SMILES string of the molecule is c1ccc(-c2ccc(-c3nc(-c4ccccc4)nc(-c4cc(-c5ccc6oc7ccccc7c6c5)cc(-c5ccc6ccc7cc[nH]c7c6n5)c4)n3)cc2)cc1. The molecular formula is C50H31N5O. The molecule has 0 atom stereocenters. The monoisotopic (exact) mass is 717 g/mol. The van der Waals surface area contributed by atoms with Crippen LogP contribution in [0.4, 0.5) is 0 Å². The highest BCUT2D eigenvalue weighted by molar-refractivity contribution is 6.07. The van der Waals surface area contributed by atoms with Gasteiger partial charge in [-0.25, -0.2) is 19.9 Å². The fourth-order valence-electron chi connectivity index (χ4n) is 7.64. The van der Waals surface area contributed by atoms with Crippen LogP contribution >= 0.6 is 0 Å². The van der Waals surface area contributed by atoms with E-state index in [0.717, 1.165) is 93.9 Å². The van der Waals surface area contributed by atoms with Crippen LogP contribution in [0.15, 0.2) is 187 Å². The van der Waals surface area contributed by atoms with Gasteiger partial charge in [-0.15, -0.1) is 0 Å². The van der Waals surface area contributed by atoms with E-state index in [-0.39, 0.29) is 0 Å². The maximum atomic E-state index is 6.20. The minimum absolute atomic E-state index is 0.575. The van der Waals surface area contributed by atoms with E-state index in [4.69, 9.17) is 24.4 Å². The van der Waals surface area contributed by atoms with Crippen molar-refractivity contribution >= 4 is 43.7 Å². The summed E-state index contributed by atoms with van der Waals surface area (Å²) in [4.78, 5) is 24.0. The lowest BCUT2D eigenvalue weighted by atomic mass is 9.96. The Bertz CT molecular complexity index is 3240. The molecular weight excluding hydrogens is 687 g/mol. The summed E-state index contributed by atoms with van der Waals surface area (Å²) in [6, 6.07) is 60.5. The summed E-state index contributed by atoms with van der Waals surface area (Å²) < 4.78 is 6.20. The Labute approximate surface area is 321 Å². The highest BCUT2D eigenvalue weighted by Crippen LogP contribution is 2.37. The molecule has 0 spiro atoms. The number of benzene rings is 7. The zero-order chi connectivity index (χ0) is 37.0. The minimum Gasteiger partial charge on any atom is -0.456 e. The molecule has 7 aromatic carbocycles. The van der Waals surface area contributed by atoms with Crippen molar-refractivity contribution in [2.24, 2.45) is 0 Å². The minimum atomic E-state index is 0.575. The molecule has 0 amide bonds. The van der Waals surface area contributed by atoms with E-state index in [1.807, 2.05) is 60.8 Å². The van der Waals surface area contributed by atoms with Crippen LogP contribution in [0.1, 0.15) is 0 Å². The van der Waals surface area contributed by atoms with Crippen molar-refractivity contribution in [1.29, 1.82) is 0 Å². The predicted molar refractivity (Wildman–Crippen MR) is 227 cm³/mol. The molecule has 262 valence electrons. The maximum absolute atomic E-state index is 6.20. The van der Waals surface area contributed by atoms with Gasteiger partial charge in [0.2, 0.25) is 0 Å². The number of rotatable bonds is 6. The first-order valence-electron chi connectivity index (χ1n) is 18.6. The van der Waals surface area contributed by atoms with Crippen molar-refractivity contribution in [3.8, 4) is 67.7 Å². The summed E-state index contributed by atoms with van der Waals surface area (Å²) in [6.45, 7) is 0. The van der Waals surface area contributed by atoms with Gasteiger partial charge in [0.15, 0.2) is 17.5 Å². The quantitative estimate of drug-likeness (QED) is 0.185. The van der Waals surface area contributed by atoms with Gasteiger partial charge >= 0.3 is 0 Å². The van der Waals surface area contributed by atoms with Gasteiger partial charge in [-0.3, -0.25) is 0 Å². The van der Waals surface area contributed by atoms with Gasteiger partial charge in [0, 0.05) is 50.0 Å². The van der Waals surface area contributed by atoms with Gasteiger partial charge in [0.1, 0.15) is 11.2 Å². The summed E-state index contributed by atoms with van der Waals surface area (Å²) in [6.07, 6.45) is 1.96. The molecule has 1 N–H and O–H groups in total. The van der Waals surface area contributed by atoms with E-state index in [1.54, 1.807) is 0 Å². The molecule has 4 aromatic heterocycles. The molecule has 6 nitrogen and oxygen atoms in total. The largest absolute Gasteiger partial charge is 0.456 e.